The number of amides is 2. The van der Waals surface area contributed by atoms with Crippen LogP contribution in [0.1, 0.15) is 68.1 Å². The number of nitrogens with one attached hydrogen (secondary N) is 1. The molecular weight excluding hydrogens is 564 g/mol. The number of carbonyl (C=O) groups excluding carboxylic acids is 2. The molecule has 236 valence electrons. The van der Waals surface area contributed by atoms with Gasteiger partial charge in [0.05, 0.1) is 11.3 Å². The minimum absolute atomic E-state index is 0.0780. The first-order valence-corrected chi connectivity index (χ1v) is 15.6. The van der Waals surface area contributed by atoms with Crippen molar-refractivity contribution in [2.75, 3.05) is 38.5 Å². The lowest BCUT2D eigenvalue weighted by atomic mass is 10.0. The number of carbonyl (C=O) groups is 2. The maximum atomic E-state index is 14.0. The second-order valence-electron chi connectivity index (χ2n) is 11.4. The van der Waals surface area contributed by atoms with Crippen LogP contribution in [-0.2, 0) is 4.74 Å². The summed E-state index contributed by atoms with van der Waals surface area (Å²) in [5.74, 6) is -4.11. The zero-order valence-corrected chi connectivity index (χ0v) is 25.4. The number of phenols is 1. The van der Waals surface area contributed by atoms with Crippen LogP contribution >= 0.6 is 0 Å². The Kier molecular flexibility index (Phi) is 12.5. The zero-order valence-electron chi connectivity index (χ0n) is 25.4. The van der Waals surface area contributed by atoms with Gasteiger partial charge < -0.3 is 19.6 Å². The number of ether oxygens (including phenoxy) is 1. The molecule has 44 heavy (non-hydrogen) atoms. The van der Waals surface area contributed by atoms with Crippen molar-refractivity contribution in [2.45, 2.75) is 63.9 Å². The van der Waals surface area contributed by atoms with E-state index in [9.17, 15) is 23.5 Å². The molecule has 0 saturated carbocycles. The number of para-hydroxylation sites is 1. The van der Waals surface area contributed by atoms with Gasteiger partial charge in [0.2, 0.25) is 5.82 Å². The second kappa shape index (κ2) is 16.8. The van der Waals surface area contributed by atoms with Crippen molar-refractivity contribution >= 4 is 17.7 Å². The first-order chi connectivity index (χ1) is 21.3. The monoisotopic (exact) mass is 607 g/mol. The Labute approximate surface area is 258 Å². The number of likely N-dealkylation sites (tertiary alicyclic amines) is 1. The minimum Gasteiger partial charge on any atom is -0.505 e. The van der Waals surface area contributed by atoms with Gasteiger partial charge in [-0.1, -0.05) is 80.6 Å². The molecule has 0 spiro atoms. The topological polar surface area (TPSA) is 82.1 Å². The summed E-state index contributed by atoms with van der Waals surface area (Å²) in [6, 6.07) is 19.8. The molecule has 0 radical (unpaired) electrons. The van der Waals surface area contributed by atoms with Crippen molar-refractivity contribution in [2.24, 2.45) is 0 Å². The summed E-state index contributed by atoms with van der Waals surface area (Å²) in [5.41, 5.74) is 2.37. The number of aromatic hydroxyl groups is 1. The van der Waals surface area contributed by atoms with Crippen LogP contribution < -0.4 is 5.32 Å². The lowest BCUT2D eigenvalue weighted by Crippen LogP contribution is -2.38. The fraction of sp³-hybridized carbons (Fsp3) is 0.429. The average Bonchev–Trinajstić information content (AvgIpc) is 3.04. The van der Waals surface area contributed by atoms with Gasteiger partial charge in [-0.05, 0) is 56.0 Å². The van der Waals surface area contributed by atoms with Crippen molar-refractivity contribution < 1.29 is 28.2 Å². The summed E-state index contributed by atoms with van der Waals surface area (Å²) in [4.78, 5) is 28.9. The van der Waals surface area contributed by atoms with Crippen LogP contribution in [0.4, 0.5) is 19.3 Å². The second-order valence-corrected chi connectivity index (χ2v) is 11.4. The average molecular weight is 608 g/mol. The number of unbranched alkanes of at least 4 members (excludes halogenated alkanes) is 6. The highest BCUT2D eigenvalue weighted by molar-refractivity contribution is 5.94. The van der Waals surface area contributed by atoms with E-state index >= 15 is 0 Å². The molecular formula is C35H43F2N3O4. The van der Waals surface area contributed by atoms with Crippen LogP contribution in [0, 0.1) is 11.6 Å². The molecule has 0 aliphatic carbocycles. The van der Waals surface area contributed by atoms with Gasteiger partial charge in [-0.25, -0.2) is 9.18 Å². The molecule has 4 rings (SSSR count). The number of phenolic OH excluding ortho intramolecular Hbond substituents is 1. The fourth-order valence-corrected chi connectivity index (χ4v) is 5.58. The molecule has 7 nitrogen and oxygen atoms in total. The number of hydrogen-bond acceptors (Lipinski definition) is 5. The molecule has 1 aliphatic rings. The van der Waals surface area contributed by atoms with E-state index in [0.717, 1.165) is 106 Å². The van der Waals surface area contributed by atoms with Crippen molar-refractivity contribution in [3.63, 3.8) is 0 Å². The smallest absolute Gasteiger partial charge is 0.411 e. The lowest BCUT2D eigenvalue weighted by molar-refractivity contribution is 0.0584. The minimum atomic E-state index is -1.40. The van der Waals surface area contributed by atoms with Gasteiger partial charge in [0.15, 0.2) is 11.6 Å². The predicted molar refractivity (Wildman–Crippen MR) is 169 cm³/mol. The number of piperidine rings is 1. The Bertz CT molecular complexity index is 1360. The van der Waals surface area contributed by atoms with Gasteiger partial charge in [-0.3, -0.25) is 10.1 Å². The molecule has 9 heteroatoms. The maximum Gasteiger partial charge on any atom is 0.411 e. The van der Waals surface area contributed by atoms with Crippen molar-refractivity contribution in [1.29, 1.82) is 0 Å². The summed E-state index contributed by atoms with van der Waals surface area (Å²) < 4.78 is 33.3. The fourth-order valence-electron chi connectivity index (χ4n) is 5.58. The first-order valence-electron chi connectivity index (χ1n) is 15.6. The van der Waals surface area contributed by atoms with Crippen molar-refractivity contribution in [1.82, 2.24) is 9.80 Å². The molecule has 0 unspecified atom stereocenters. The normalized spacial score (nSPS) is 13.9. The molecule has 0 aromatic heterocycles. The SMILES string of the molecule is CN(CCCCCCCCCN1CCC(OC(=O)Nc2ccccc2-c2ccccc2)CC1)C(=O)c1ccc(O)c(F)c1F. The first kappa shape index (κ1) is 32.9. The summed E-state index contributed by atoms with van der Waals surface area (Å²) >= 11 is 0. The van der Waals surface area contributed by atoms with Gasteiger partial charge >= 0.3 is 6.09 Å². The number of rotatable bonds is 14. The Morgan fingerprint density at radius 2 is 1.50 bits per heavy atom. The molecule has 2 amide bonds. The van der Waals surface area contributed by atoms with E-state index in [-0.39, 0.29) is 11.7 Å². The molecule has 0 bridgehead atoms. The largest absolute Gasteiger partial charge is 0.505 e. The molecule has 1 saturated heterocycles. The summed E-state index contributed by atoms with van der Waals surface area (Å²) in [5, 5.41) is 12.2. The summed E-state index contributed by atoms with van der Waals surface area (Å²) in [7, 11) is 1.57. The van der Waals surface area contributed by atoms with Gasteiger partial charge in [0.25, 0.3) is 5.91 Å². The van der Waals surface area contributed by atoms with Crippen LogP contribution in [0.25, 0.3) is 11.1 Å². The third-order valence-electron chi connectivity index (χ3n) is 8.16. The Balaban J connectivity index is 1.03. The van der Waals surface area contributed by atoms with Gasteiger partial charge in [-0.15, -0.1) is 0 Å². The molecule has 1 heterocycles. The predicted octanol–water partition coefficient (Wildman–Crippen LogP) is 7.85. The van der Waals surface area contributed by atoms with Crippen LogP contribution in [0.5, 0.6) is 5.75 Å². The lowest BCUT2D eigenvalue weighted by Gasteiger charge is -2.31. The van der Waals surface area contributed by atoms with Crippen molar-refractivity contribution in [3.05, 3.63) is 83.9 Å². The van der Waals surface area contributed by atoms with Crippen LogP contribution in [-0.4, -0.2) is 66.2 Å². The van der Waals surface area contributed by atoms with Crippen LogP contribution in [0.15, 0.2) is 66.7 Å². The van der Waals surface area contributed by atoms with E-state index < -0.39 is 29.4 Å². The molecule has 1 fully saturated rings. The van der Waals surface area contributed by atoms with E-state index in [1.807, 2.05) is 54.6 Å². The molecule has 3 aromatic rings. The Hall–Kier alpha value is -3.98. The van der Waals surface area contributed by atoms with Crippen LogP contribution in [0.3, 0.4) is 0 Å². The standard InChI is InChI=1S/C35H43F2N3O4/c1-39(34(42)29-18-19-31(41)33(37)32(29)36)22-12-5-3-2-4-6-13-23-40-24-20-27(21-25-40)44-35(43)38-30-17-11-10-16-28(30)26-14-8-7-9-15-26/h7-11,14-19,27,41H,2-6,12-13,20-25H2,1H3,(H,38,43). The number of anilines is 1. The van der Waals surface area contributed by atoms with Gasteiger partial charge in [0.1, 0.15) is 6.10 Å². The number of benzene rings is 3. The highest BCUT2D eigenvalue weighted by atomic mass is 19.2. The quantitative estimate of drug-likeness (QED) is 0.182. The third-order valence-corrected chi connectivity index (χ3v) is 8.16. The highest BCUT2D eigenvalue weighted by Crippen LogP contribution is 2.28. The zero-order chi connectivity index (χ0) is 31.3. The molecule has 3 aromatic carbocycles. The number of hydrogen-bond donors (Lipinski definition) is 2. The molecule has 1 aliphatic heterocycles. The maximum absolute atomic E-state index is 14.0. The molecule has 0 atom stereocenters. The van der Waals surface area contributed by atoms with E-state index in [1.165, 1.54) is 4.90 Å². The third kappa shape index (κ3) is 9.51. The molecule has 2 N–H and O–H groups in total. The Morgan fingerprint density at radius 1 is 0.864 bits per heavy atom. The van der Waals surface area contributed by atoms with Gasteiger partial charge in [-0.2, -0.15) is 4.39 Å². The van der Waals surface area contributed by atoms with Crippen molar-refractivity contribution in [3.8, 4) is 16.9 Å². The van der Waals surface area contributed by atoms with Crippen LogP contribution in [0.2, 0.25) is 0 Å². The Morgan fingerprint density at radius 3 is 2.23 bits per heavy atom. The van der Waals surface area contributed by atoms with Gasteiger partial charge in [0, 0.05) is 32.2 Å². The number of nitrogens with zero attached hydrogens (tertiary/aromatic N) is 2. The highest BCUT2D eigenvalue weighted by Gasteiger charge is 2.23. The summed E-state index contributed by atoms with van der Waals surface area (Å²) in [6.07, 6.45) is 8.55. The van der Waals surface area contributed by atoms with E-state index in [2.05, 4.69) is 10.2 Å². The summed E-state index contributed by atoms with van der Waals surface area (Å²) in [6.45, 7) is 3.35. The van der Waals surface area contributed by atoms with E-state index in [1.54, 1.807) is 7.05 Å². The number of halogens is 2. The van der Waals surface area contributed by atoms with E-state index in [4.69, 9.17) is 4.74 Å². The van der Waals surface area contributed by atoms with E-state index in [0.29, 0.717) is 6.54 Å².